The van der Waals surface area contributed by atoms with Crippen molar-refractivity contribution in [3.8, 4) is 0 Å². The van der Waals surface area contributed by atoms with Gasteiger partial charge in [-0.05, 0) is 31.7 Å². The van der Waals surface area contributed by atoms with Crippen LogP contribution in [0.25, 0.3) is 0 Å². The first-order valence-corrected chi connectivity index (χ1v) is 7.66. The Balaban J connectivity index is 1.81. The molecule has 1 aliphatic carbocycles. The van der Waals surface area contributed by atoms with E-state index < -0.39 is 4.92 Å². The average Bonchev–Trinajstić information content (AvgIpc) is 3.22. The maximum absolute atomic E-state index is 10.9. The Morgan fingerprint density at radius 3 is 2.74 bits per heavy atom. The first-order chi connectivity index (χ1) is 11.0. The summed E-state index contributed by atoms with van der Waals surface area (Å²) >= 11 is 0. The summed E-state index contributed by atoms with van der Waals surface area (Å²) in [5.41, 5.74) is 0.560. The second kappa shape index (κ2) is 5.94. The van der Waals surface area contributed by atoms with Crippen LogP contribution in [0.5, 0.6) is 0 Å². The van der Waals surface area contributed by atoms with E-state index in [0.29, 0.717) is 23.2 Å². The van der Waals surface area contributed by atoms with Crippen LogP contribution in [0.4, 0.5) is 11.5 Å². The Labute approximate surface area is 133 Å². The minimum absolute atomic E-state index is 0.00505. The van der Waals surface area contributed by atoms with Crippen LogP contribution < -0.4 is 5.32 Å². The van der Waals surface area contributed by atoms with Gasteiger partial charge in [-0.2, -0.15) is 4.98 Å². The van der Waals surface area contributed by atoms with Gasteiger partial charge in [-0.3, -0.25) is 10.1 Å². The number of hydrogen-bond donors (Lipinski definition) is 1. The zero-order valence-corrected chi connectivity index (χ0v) is 13.3. The van der Waals surface area contributed by atoms with E-state index in [-0.39, 0.29) is 17.6 Å². The van der Waals surface area contributed by atoms with Crippen LogP contribution in [0.1, 0.15) is 55.9 Å². The number of pyridine rings is 1. The highest BCUT2D eigenvalue weighted by molar-refractivity contribution is 5.47. The van der Waals surface area contributed by atoms with Gasteiger partial charge >= 0.3 is 0 Å². The van der Waals surface area contributed by atoms with Gasteiger partial charge in [-0.15, -0.1) is 0 Å². The Kier molecular flexibility index (Phi) is 3.97. The molecule has 0 unspecified atom stereocenters. The molecule has 0 aliphatic heterocycles. The molecule has 122 valence electrons. The van der Waals surface area contributed by atoms with Crippen molar-refractivity contribution < 1.29 is 9.45 Å². The average molecular weight is 317 g/mol. The second-order valence-electron chi connectivity index (χ2n) is 6.24. The third-order valence-corrected chi connectivity index (χ3v) is 3.92. The van der Waals surface area contributed by atoms with Gasteiger partial charge in [0, 0.05) is 11.5 Å². The number of nitro groups is 1. The molecule has 8 heteroatoms. The van der Waals surface area contributed by atoms with Crippen molar-refractivity contribution in [2.75, 3.05) is 5.32 Å². The van der Waals surface area contributed by atoms with Crippen LogP contribution in [-0.4, -0.2) is 20.0 Å². The van der Waals surface area contributed by atoms with E-state index in [0.717, 1.165) is 18.7 Å². The fourth-order valence-electron chi connectivity index (χ4n) is 2.37. The van der Waals surface area contributed by atoms with E-state index in [9.17, 15) is 10.1 Å². The number of hydrogen-bond acceptors (Lipinski definition) is 7. The van der Waals surface area contributed by atoms with Gasteiger partial charge in [0.05, 0.1) is 4.92 Å². The summed E-state index contributed by atoms with van der Waals surface area (Å²) in [6.45, 7) is 5.76. The van der Waals surface area contributed by atoms with Crippen molar-refractivity contribution in [3.05, 3.63) is 39.7 Å². The third-order valence-electron chi connectivity index (χ3n) is 3.92. The van der Waals surface area contributed by atoms with E-state index in [1.807, 2.05) is 13.8 Å². The molecule has 0 amide bonds. The van der Waals surface area contributed by atoms with Gasteiger partial charge in [0.1, 0.15) is 18.1 Å². The number of nitrogens with zero attached hydrogens (tertiary/aromatic N) is 4. The minimum Gasteiger partial charge on any atom is -0.358 e. The van der Waals surface area contributed by atoms with Crippen LogP contribution in [0, 0.1) is 23.0 Å². The van der Waals surface area contributed by atoms with E-state index in [1.54, 1.807) is 13.0 Å². The predicted molar refractivity (Wildman–Crippen MR) is 83.1 cm³/mol. The number of anilines is 1. The van der Waals surface area contributed by atoms with Crippen molar-refractivity contribution in [2.24, 2.45) is 5.92 Å². The van der Waals surface area contributed by atoms with Crippen LogP contribution in [0.2, 0.25) is 0 Å². The van der Waals surface area contributed by atoms with Gasteiger partial charge in [-0.1, -0.05) is 19.0 Å². The Bertz CT molecular complexity index is 724. The van der Waals surface area contributed by atoms with Crippen molar-refractivity contribution in [2.45, 2.75) is 45.6 Å². The highest BCUT2D eigenvalue weighted by Crippen LogP contribution is 2.39. The molecule has 0 radical (unpaired) electrons. The first-order valence-electron chi connectivity index (χ1n) is 7.66. The number of aryl methyl sites for hydroxylation is 1. The number of aromatic nitrogens is 3. The monoisotopic (exact) mass is 317 g/mol. The van der Waals surface area contributed by atoms with Crippen molar-refractivity contribution in [1.82, 2.24) is 15.1 Å². The fraction of sp³-hybridized carbons (Fsp3) is 0.533. The smallest absolute Gasteiger partial charge is 0.290 e. The summed E-state index contributed by atoms with van der Waals surface area (Å²) in [6, 6.07) is 1.47. The van der Waals surface area contributed by atoms with Crippen molar-refractivity contribution >= 4 is 11.5 Å². The van der Waals surface area contributed by atoms with Gasteiger partial charge in [0.2, 0.25) is 5.89 Å². The fourth-order valence-corrected chi connectivity index (χ4v) is 2.37. The third kappa shape index (κ3) is 3.30. The van der Waals surface area contributed by atoms with E-state index in [1.165, 1.54) is 6.20 Å². The molecule has 1 N–H and O–H groups in total. The molecule has 1 fully saturated rings. The second-order valence-corrected chi connectivity index (χ2v) is 6.24. The summed E-state index contributed by atoms with van der Waals surface area (Å²) in [7, 11) is 0. The first kappa shape index (κ1) is 15.4. The molecule has 1 atom stereocenters. The molecule has 2 aromatic heterocycles. The molecule has 0 saturated heterocycles. The highest BCUT2D eigenvalue weighted by Gasteiger charge is 2.31. The van der Waals surface area contributed by atoms with Crippen LogP contribution in [0.15, 0.2) is 16.8 Å². The molecule has 23 heavy (non-hydrogen) atoms. The summed E-state index contributed by atoms with van der Waals surface area (Å²) in [5.74, 6) is 2.47. The van der Waals surface area contributed by atoms with E-state index in [2.05, 4.69) is 20.4 Å². The lowest BCUT2D eigenvalue weighted by atomic mass is 10.0. The van der Waals surface area contributed by atoms with Gasteiger partial charge in [0.15, 0.2) is 5.82 Å². The molecule has 3 rings (SSSR count). The van der Waals surface area contributed by atoms with Gasteiger partial charge in [0.25, 0.3) is 5.69 Å². The summed E-state index contributed by atoms with van der Waals surface area (Å²) in [5, 5.41) is 18.2. The van der Waals surface area contributed by atoms with E-state index in [4.69, 9.17) is 4.52 Å². The van der Waals surface area contributed by atoms with Crippen LogP contribution in [-0.2, 0) is 0 Å². The molecular weight excluding hydrogens is 298 g/mol. The van der Waals surface area contributed by atoms with Crippen molar-refractivity contribution in [3.63, 3.8) is 0 Å². The lowest BCUT2D eigenvalue weighted by Gasteiger charge is -2.19. The molecule has 2 heterocycles. The Hall–Kier alpha value is -2.51. The topological polar surface area (TPSA) is 107 Å². The van der Waals surface area contributed by atoms with E-state index >= 15 is 0 Å². The standard InChI is InChI=1S/C15H19N5O3/c1-8(2)13(15-18-14(19-23-15)10-4-5-10)17-12-6-9(3)11(7-16-12)20(21)22/h6-8,10,13H,4-5H2,1-3H3,(H,16,17)/t13-/m0/s1. The Morgan fingerprint density at radius 1 is 1.43 bits per heavy atom. The molecule has 0 aromatic carbocycles. The summed E-state index contributed by atoms with van der Waals surface area (Å²) < 4.78 is 5.39. The molecule has 8 nitrogen and oxygen atoms in total. The quantitative estimate of drug-likeness (QED) is 0.642. The molecular formula is C15H19N5O3. The molecule has 0 spiro atoms. The summed E-state index contributed by atoms with van der Waals surface area (Å²) in [6.07, 6.45) is 3.49. The zero-order valence-electron chi connectivity index (χ0n) is 13.3. The lowest BCUT2D eigenvalue weighted by Crippen LogP contribution is -2.18. The Morgan fingerprint density at radius 2 is 2.17 bits per heavy atom. The minimum atomic E-state index is -0.439. The summed E-state index contributed by atoms with van der Waals surface area (Å²) in [4.78, 5) is 19.0. The highest BCUT2D eigenvalue weighted by atomic mass is 16.6. The largest absolute Gasteiger partial charge is 0.358 e. The SMILES string of the molecule is Cc1cc(N[C@H](c2nc(C3CC3)no2)C(C)C)ncc1[N+](=O)[O-]. The molecule has 2 aromatic rings. The number of nitrogens with one attached hydrogen (secondary N) is 1. The maximum atomic E-state index is 10.9. The number of rotatable bonds is 6. The van der Waals surface area contributed by atoms with Gasteiger partial charge in [-0.25, -0.2) is 4.98 Å². The maximum Gasteiger partial charge on any atom is 0.290 e. The normalized spacial score (nSPS) is 15.7. The lowest BCUT2D eigenvalue weighted by molar-refractivity contribution is -0.385. The van der Waals surface area contributed by atoms with Crippen molar-refractivity contribution in [1.29, 1.82) is 0 Å². The predicted octanol–water partition coefficient (Wildman–Crippen LogP) is 3.37. The zero-order chi connectivity index (χ0) is 16.6. The van der Waals surface area contributed by atoms with Gasteiger partial charge < -0.3 is 9.84 Å². The van der Waals surface area contributed by atoms with Crippen LogP contribution in [0.3, 0.4) is 0 Å². The van der Waals surface area contributed by atoms with Crippen LogP contribution >= 0.6 is 0 Å². The molecule has 1 aliphatic rings. The molecule has 0 bridgehead atoms. The molecule has 1 saturated carbocycles.